The van der Waals surface area contributed by atoms with E-state index in [1.807, 2.05) is 0 Å². The van der Waals surface area contributed by atoms with Crippen LogP contribution in [0.25, 0.3) is 0 Å². The lowest BCUT2D eigenvalue weighted by Crippen LogP contribution is -3.00. The quantitative estimate of drug-likeness (QED) is 0.482. The van der Waals surface area contributed by atoms with Crippen LogP contribution in [-0.4, -0.2) is 23.3 Å². The summed E-state index contributed by atoms with van der Waals surface area (Å²) >= 11 is 0. The fourth-order valence-corrected chi connectivity index (χ4v) is 1.42. The zero-order valence-corrected chi connectivity index (χ0v) is 7.09. The van der Waals surface area contributed by atoms with E-state index in [0.29, 0.717) is 5.92 Å². The Bertz CT molecular complexity index is 122. The molecule has 3 N–H and O–H groups in total. The maximum atomic E-state index is 9.58. The molecule has 1 fully saturated rings. The van der Waals surface area contributed by atoms with Gasteiger partial charge in [0.2, 0.25) is 0 Å². The van der Waals surface area contributed by atoms with Gasteiger partial charge in [-0.3, -0.25) is 0 Å². The van der Waals surface area contributed by atoms with Crippen LogP contribution in [-0.2, 0) is 0 Å². The van der Waals surface area contributed by atoms with Gasteiger partial charge in [0.1, 0.15) is 11.6 Å². The van der Waals surface area contributed by atoms with Crippen molar-refractivity contribution in [1.82, 2.24) is 0 Å². The topological polar surface area (TPSA) is 36.8 Å². The molecule has 10 heavy (non-hydrogen) atoms. The van der Waals surface area contributed by atoms with Crippen molar-refractivity contribution in [2.24, 2.45) is 5.92 Å². The van der Waals surface area contributed by atoms with Gasteiger partial charge in [-0.05, 0) is 20.3 Å². The molecule has 2 heteroatoms. The summed E-state index contributed by atoms with van der Waals surface area (Å²) in [6.45, 7) is 7.55. The summed E-state index contributed by atoms with van der Waals surface area (Å²) in [6, 6.07) is 0. The van der Waals surface area contributed by atoms with E-state index in [0.717, 1.165) is 13.0 Å². The van der Waals surface area contributed by atoms with Crippen molar-refractivity contribution in [3.63, 3.8) is 0 Å². The molecule has 0 amide bonds. The van der Waals surface area contributed by atoms with E-state index in [2.05, 4.69) is 26.1 Å². The van der Waals surface area contributed by atoms with Gasteiger partial charge in [0.25, 0.3) is 0 Å². The molecule has 2 atom stereocenters. The lowest BCUT2D eigenvalue weighted by atomic mass is 9.85. The Hall–Kier alpha value is -0.0800. The summed E-state index contributed by atoms with van der Waals surface area (Å²) in [7, 11) is 0. The molecule has 1 saturated heterocycles. The van der Waals surface area contributed by atoms with Gasteiger partial charge >= 0.3 is 0 Å². The molecule has 0 saturated carbocycles. The Morgan fingerprint density at radius 1 is 1.50 bits per heavy atom. The van der Waals surface area contributed by atoms with E-state index in [9.17, 15) is 5.11 Å². The van der Waals surface area contributed by atoms with Gasteiger partial charge in [0.05, 0.1) is 6.54 Å². The fraction of sp³-hybridized carbons (Fsp3) is 1.00. The van der Waals surface area contributed by atoms with E-state index < -0.39 is 0 Å². The largest absolute Gasteiger partial charge is 0.387 e. The van der Waals surface area contributed by atoms with Crippen LogP contribution < -0.4 is 5.32 Å². The molecule has 0 unspecified atom stereocenters. The second-order valence-electron chi connectivity index (χ2n) is 4.12. The Morgan fingerprint density at radius 3 is 2.50 bits per heavy atom. The maximum absolute atomic E-state index is 9.58. The van der Waals surface area contributed by atoms with Crippen LogP contribution in [0.15, 0.2) is 0 Å². The van der Waals surface area contributed by atoms with Gasteiger partial charge in [-0.2, -0.15) is 0 Å². The van der Waals surface area contributed by atoms with E-state index >= 15 is 0 Å². The molecule has 0 bridgehead atoms. The zero-order chi connectivity index (χ0) is 7.78. The van der Waals surface area contributed by atoms with Crippen LogP contribution >= 0.6 is 0 Å². The van der Waals surface area contributed by atoms with Crippen molar-refractivity contribution in [3.05, 3.63) is 0 Å². The molecule has 2 nitrogen and oxygen atoms in total. The highest BCUT2D eigenvalue weighted by Crippen LogP contribution is 2.16. The Balaban J connectivity index is 2.52. The molecule has 0 aromatic rings. The average Bonchev–Trinajstić information content (AvgIpc) is 1.81. The van der Waals surface area contributed by atoms with E-state index in [4.69, 9.17) is 0 Å². The van der Waals surface area contributed by atoms with Crippen LogP contribution in [0.3, 0.4) is 0 Å². The van der Waals surface area contributed by atoms with Crippen LogP contribution in [0.5, 0.6) is 0 Å². The van der Waals surface area contributed by atoms with E-state index in [-0.39, 0.29) is 11.6 Å². The standard InChI is InChI=1S/C8H17NO/c1-6-4-7(10)8(2,3)9-5-6/h6-7,9-10H,4-5H2,1-3H3/p+1/t6-,7-/m1/s1. The third-order valence-electron chi connectivity index (χ3n) is 2.53. The predicted molar refractivity (Wildman–Crippen MR) is 40.7 cm³/mol. The Labute approximate surface area is 62.6 Å². The monoisotopic (exact) mass is 144 g/mol. The van der Waals surface area contributed by atoms with Crippen molar-refractivity contribution < 1.29 is 10.4 Å². The fourth-order valence-electron chi connectivity index (χ4n) is 1.42. The van der Waals surface area contributed by atoms with E-state index in [1.54, 1.807) is 0 Å². The molecule has 0 spiro atoms. The summed E-state index contributed by atoms with van der Waals surface area (Å²) < 4.78 is 0. The molecule has 1 aliphatic rings. The summed E-state index contributed by atoms with van der Waals surface area (Å²) in [6.07, 6.45) is 0.833. The number of nitrogens with two attached hydrogens (primary N) is 1. The highest BCUT2D eigenvalue weighted by atomic mass is 16.3. The molecule has 1 heterocycles. The first kappa shape index (κ1) is 8.02. The van der Waals surface area contributed by atoms with Gasteiger partial charge in [-0.25, -0.2) is 0 Å². The summed E-state index contributed by atoms with van der Waals surface area (Å²) in [5.74, 6) is 0.669. The number of quaternary nitrogens is 1. The normalized spacial score (nSPS) is 39.6. The second kappa shape index (κ2) is 2.51. The first-order chi connectivity index (χ1) is 4.52. The average molecular weight is 144 g/mol. The highest BCUT2D eigenvalue weighted by molar-refractivity contribution is 4.80. The van der Waals surface area contributed by atoms with Gasteiger partial charge in [-0.15, -0.1) is 0 Å². The minimum absolute atomic E-state index is 0.0481. The van der Waals surface area contributed by atoms with Crippen molar-refractivity contribution in [1.29, 1.82) is 0 Å². The van der Waals surface area contributed by atoms with Crippen LogP contribution in [0.1, 0.15) is 27.2 Å². The molecule has 0 aromatic heterocycles. The smallest absolute Gasteiger partial charge is 0.117 e. The molecule has 0 radical (unpaired) electrons. The number of aliphatic hydroxyl groups is 1. The Morgan fingerprint density at radius 2 is 2.10 bits per heavy atom. The van der Waals surface area contributed by atoms with Crippen molar-refractivity contribution in [2.45, 2.75) is 38.8 Å². The number of hydrogen-bond donors (Lipinski definition) is 2. The van der Waals surface area contributed by atoms with Gasteiger partial charge in [0.15, 0.2) is 0 Å². The molecule has 0 aliphatic carbocycles. The Kier molecular flexibility index (Phi) is 2.02. The zero-order valence-electron chi connectivity index (χ0n) is 7.09. The highest BCUT2D eigenvalue weighted by Gasteiger charge is 2.36. The van der Waals surface area contributed by atoms with Gasteiger partial charge < -0.3 is 10.4 Å². The summed E-state index contributed by atoms with van der Waals surface area (Å²) in [5.41, 5.74) is 0.0481. The van der Waals surface area contributed by atoms with Crippen LogP contribution in [0.4, 0.5) is 0 Å². The SMILES string of the molecule is C[C@H]1C[NH2+]C(C)(C)[C@H](O)C1. The number of aliphatic hydroxyl groups excluding tert-OH is 1. The van der Waals surface area contributed by atoms with Crippen LogP contribution in [0, 0.1) is 5.92 Å². The van der Waals surface area contributed by atoms with Crippen molar-refractivity contribution in [3.8, 4) is 0 Å². The summed E-state index contributed by atoms with van der Waals surface area (Å²) in [4.78, 5) is 0. The molecule has 0 aromatic carbocycles. The van der Waals surface area contributed by atoms with Crippen molar-refractivity contribution in [2.75, 3.05) is 6.54 Å². The predicted octanol–water partition coefficient (Wildman–Crippen LogP) is -0.271. The number of rotatable bonds is 0. The lowest BCUT2D eigenvalue weighted by Gasteiger charge is -2.35. The van der Waals surface area contributed by atoms with E-state index in [1.165, 1.54) is 0 Å². The number of piperidine rings is 1. The lowest BCUT2D eigenvalue weighted by molar-refractivity contribution is -0.742. The number of hydrogen-bond acceptors (Lipinski definition) is 1. The van der Waals surface area contributed by atoms with Crippen LogP contribution in [0.2, 0.25) is 0 Å². The minimum Gasteiger partial charge on any atom is -0.387 e. The molecule has 60 valence electrons. The molecule has 1 aliphatic heterocycles. The second-order valence-corrected chi connectivity index (χ2v) is 4.12. The molecule has 1 rings (SSSR count). The third-order valence-corrected chi connectivity index (χ3v) is 2.53. The van der Waals surface area contributed by atoms with Crippen molar-refractivity contribution >= 4 is 0 Å². The third kappa shape index (κ3) is 1.50. The summed E-state index contributed by atoms with van der Waals surface area (Å²) in [5, 5.41) is 11.8. The van der Waals surface area contributed by atoms with Gasteiger partial charge in [-0.1, -0.05) is 6.92 Å². The molecular formula is C8H18NO+. The minimum atomic E-state index is -0.128. The molecular weight excluding hydrogens is 126 g/mol. The maximum Gasteiger partial charge on any atom is 0.117 e. The first-order valence-electron chi connectivity index (χ1n) is 4.05. The van der Waals surface area contributed by atoms with Gasteiger partial charge in [0, 0.05) is 5.92 Å². The first-order valence-corrected chi connectivity index (χ1v) is 4.05.